The standard InChI is InChI=1S/C13H21NO5S/c1-5-13(2,9-15)14-20(16,17)10-6-7-11(18-3)12(8-10)19-4/h6-8,14-15H,5,9H2,1-4H3. The first-order valence-electron chi connectivity index (χ1n) is 6.18. The minimum Gasteiger partial charge on any atom is -0.493 e. The van der Waals surface area contributed by atoms with Gasteiger partial charge in [-0.3, -0.25) is 0 Å². The minimum atomic E-state index is -3.75. The van der Waals surface area contributed by atoms with Gasteiger partial charge in [0, 0.05) is 6.07 Å². The Morgan fingerprint density at radius 2 is 1.85 bits per heavy atom. The van der Waals surface area contributed by atoms with Gasteiger partial charge in [0.05, 0.1) is 31.3 Å². The van der Waals surface area contributed by atoms with Crippen LogP contribution in [-0.4, -0.2) is 39.9 Å². The quantitative estimate of drug-likeness (QED) is 0.789. The summed E-state index contributed by atoms with van der Waals surface area (Å²) in [7, 11) is -0.833. The van der Waals surface area contributed by atoms with Gasteiger partial charge in [-0.05, 0) is 25.5 Å². The van der Waals surface area contributed by atoms with Crippen molar-refractivity contribution >= 4 is 10.0 Å². The molecule has 114 valence electrons. The van der Waals surface area contributed by atoms with Crippen molar-refractivity contribution in [3.05, 3.63) is 18.2 Å². The lowest BCUT2D eigenvalue weighted by Gasteiger charge is -2.26. The highest BCUT2D eigenvalue weighted by molar-refractivity contribution is 7.89. The summed E-state index contributed by atoms with van der Waals surface area (Å²) in [6.45, 7) is 3.16. The van der Waals surface area contributed by atoms with E-state index < -0.39 is 15.6 Å². The summed E-state index contributed by atoms with van der Waals surface area (Å²) in [5.74, 6) is 0.782. The van der Waals surface area contributed by atoms with Crippen molar-refractivity contribution in [2.75, 3.05) is 20.8 Å². The van der Waals surface area contributed by atoms with Gasteiger partial charge >= 0.3 is 0 Å². The summed E-state index contributed by atoms with van der Waals surface area (Å²) in [6.07, 6.45) is 0.468. The number of rotatable bonds is 7. The van der Waals surface area contributed by atoms with Crippen LogP contribution in [0.25, 0.3) is 0 Å². The number of ether oxygens (including phenoxy) is 2. The third-order valence-corrected chi connectivity index (χ3v) is 4.81. The van der Waals surface area contributed by atoms with Crippen LogP contribution in [-0.2, 0) is 10.0 Å². The van der Waals surface area contributed by atoms with Gasteiger partial charge in [0.25, 0.3) is 0 Å². The van der Waals surface area contributed by atoms with Crippen LogP contribution >= 0.6 is 0 Å². The normalized spacial score (nSPS) is 14.7. The lowest BCUT2D eigenvalue weighted by molar-refractivity contribution is 0.191. The molecule has 0 aromatic heterocycles. The Hall–Kier alpha value is -1.31. The second-order valence-electron chi connectivity index (χ2n) is 4.69. The lowest BCUT2D eigenvalue weighted by Crippen LogP contribution is -2.48. The van der Waals surface area contributed by atoms with E-state index in [2.05, 4.69) is 4.72 Å². The van der Waals surface area contributed by atoms with E-state index in [1.54, 1.807) is 13.8 Å². The summed E-state index contributed by atoms with van der Waals surface area (Å²) in [4.78, 5) is 0.0586. The van der Waals surface area contributed by atoms with Gasteiger partial charge in [0.15, 0.2) is 11.5 Å². The Labute approximate surface area is 119 Å². The van der Waals surface area contributed by atoms with Crippen LogP contribution in [0.1, 0.15) is 20.3 Å². The summed E-state index contributed by atoms with van der Waals surface area (Å²) >= 11 is 0. The van der Waals surface area contributed by atoms with E-state index in [4.69, 9.17) is 9.47 Å². The number of nitrogens with one attached hydrogen (secondary N) is 1. The number of aliphatic hydroxyl groups is 1. The Balaban J connectivity index is 3.16. The molecular weight excluding hydrogens is 282 g/mol. The second-order valence-corrected chi connectivity index (χ2v) is 6.38. The van der Waals surface area contributed by atoms with E-state index in [9.17, 15) is 13.5 Å². The Bertz CT molecular complexity index is 552. The molecule has 0 aliphatic heterocycles. The predicted octanol–water partition coefficient (Wildman–Crippen LogP) is 1.14. The molecule has 0 fully saturated rings. The monoisotopic (exact) mass is 303 g/mol. The van der Waals surface area contributed by atoms with Gasteiger partial charge in [0.1, 0.15) is 0 Å². The van der Waals surface area contributed by atoms with Gasteiger partial charge in [0.2, 0.25) is 10.0 Å². The molecule has 7 heteroatoms. The third kappa shape index (κ3) is 3.62. The van der Waals surface area contributed by atoms with Crippen LogP contribution in [0.15, 0.2) is 23.1 Å². The zero-order chi connectivity index (χ0) is 15.4. The first-order valence-corrected chi connectivity index (χ1v) is 7.67. The van der Waals surface area contributed by atoms with Crippen molar-refractivity contribution in [2.24, 2.45) is 0 Å². The highest BCUT2D eigenvalue weighted by Gasteiger charge is 2.29. The van der Waals surface area contributed by atoms with E-state index >= 15 is 0 Å². The molecule has 20 heavy (non-hydrogen) atoms. The molecule has 0 aliphatic rings. The Kier molecular flexibility index (Phi) is 5.38. The van der Waals surface area contributed by atoms with Crippen molar-refractivity contribution < 1.29 is 23.0 Å². The first-order chi connectivity index (χ1) is 9.31. The fraction of sp³-hybridized carbons (Fsp3) is 0.538. The molecular formula is C13H21NO5S. The van der Waals surface area contributed by atoms with Gasteiger partial charge in [-0.1, -0.05) is 6.92 Å². The van der Waals surface area contributed by atoms with E-state index in [1.165, 1.54) is 32.4 Å². The molecule has 1 rings (SSSR count). The first kappa shape index (κ1) is 16.7. The topological polar surface area (TPSA) is 84.9 Å². The average Bonchev–Trinajstić information content (AvgIpc) is 2.45. The third-order valence-electron chi connectivity index (χ3n) is 3.18. The van der Waals surface area contributed by atoms with E-state index in [0.29, 0.717) is 17.9 Å². The smallest absolute Gasteiger partial charge is 0.241 e. The molecule has 0 saturated carbocycles. The molecule has 0 heterocycles. The average molecular weight is 303 g/mol. The summed E-state index contributed by atoms with van der Waals surface area (Å²) < 4.78 is 37.3. The number of aliphatic hydroxyl groups excluding tert-OH is 1. The number of hydrogen-bond donors (Lipinski definition) is 2. The highest BCUT2D eigenvalue weighted by atomic mass is 32.2. The van der Waals surface area contributed by atoms with Gasteiger partial charge in [-0.2, -0.15) is 0 Å². The van der Waals surface area contributed by atoms with Crippen LogP contribution in [0.5, 0.6) is 11.5 Å². The number of hydrogen-bond acceptors (Lipinski definition) is 5. The largest absolute Gasteiger partial charge is 0.493 e. The molecule has 0 aliphatic carbocycles. The van der Waals surface area contributed by atoms with Crippen LogP contribution in [0.4, 0.5) is 0 Å². The second kappa shape index (κ2) is 6.43. The molecule has 1 atom stereocenters. The van der Waals surface area contributed by atoms with Crippen molar-refractivity contribution in [1.29, 1.82) is 0 Å². The predicted molar refractivity (Wildman–Crippen MR) is 75.6 cm³/mol. The molecule has 1 aromatic carbocycles. The fourth-order valence-electron chi connectivity index (χ4n) is 1.58. The number of methoxy groups -OCH3 is 2. The van der Waals surface area contributed by atoms with E-state index in [1.807, 2.05) is 0 Å². The molecule has 2 N–H and O–H groups in total. The maximum absolute atomic E-state index is 12.3. The van der Waals surface area contributed by atoms with Crippen LogP contribution < -0.4 is 14.2 Å². The minimum absolute atomic E-state index is 0.0586. The maximum Gasteiger partial charge on any atom is 0.241 e. The summed E-state index contributed by atoms with van der Waals surface area (Å²) in [6, 6.07) is 4.33. The Morgan fingerprint density at radius 1 is 1.25 bits per heavy atom. The number of benzene rings is 1. The molecule has 1 unspecified atom stereocenters. The van der Waals surface area contributed by atoms with Crippen molar-refractivity contribution in [1.82, 2.24) is 4.72 Å². The summed E-state index contributed by atoms with van der Waals surface area (Å²) in [5.41, 5.74) is -0.897. The van der Waals surface area contributed by atoms with E-state index in [0.717, 1.165) is 0 Å². The molecule has 0 bridgehead atoms. The molecule has 0 spiro atoms. The zero-order valence-corrected chi connectivity index (χ0v) is 13.0. The number of sulfonamides is 1. The van der Waals surface area contributed by atoms with Gasteiger partial charge < -0.3 is 14.6 Å². The highest BCUT2D eigenvalue weighted by Crippen LogP contribution is 2.29. The van der Waals surface area contributed by atoms with Crippen molar-refractivity contribution in [2.45, 2.75) is 30.7 Å². The molecule has 0 amide bonds. The lowest BCUT2D eigenvalue weighted by atomic mass is 10.0. The SMILES string of the molecule is CCC(C)(CO)NS(=O)(=O)c1ccc(OC)c(OC)c1. The zero-order valence-electron chi connectivity index (χ0n) is 12.1. The maximum atomic E-state index is 12.3. The van der Waals surface area contributed by atoms with Crippen LogP contribution in [0.2, 0.25) is 0 Å². The van der Waals surface area contributed by atoms with Crippen LogP contribution in [0, 0.1) is 0 Å². The Morgan fingerprint density at radius 3 is 2.30 bits per heavy atom. The van der Waals surface area contributed by atoms with Gasteiger partial charge in [-0.15, -0.1) is 0 Å². The van der Waals surface area contributed by atoms with Crippen molar-refractivity contribution in [3.63, 3.8) is 0 Å². The molecule has 6 nitrogen and oxygen atoms in total. The van der Waals surface area contributed by atoms with Gasteiger partial charge in [-0.25, -0.2) is 13.1 Å². The summed E-state index contributed by atoms with van der Waals surface area (Å²) in [5, 5.41) is 9.31. The van der Waals surface area contributed by atoms with Crippen LogP contribution in [0.3, 0.4) is 0 Å². The van der Waals surface area contributed by atoms with E-state index in [-0.39, 0.29) is 11.5 Å². The fourth-order valence-corrected chi connectivity index (χ4v) is 3.07. The molecule has 0 radical (unpaired) electrons. The molecule has 1 aromatic rings. The van der Waals surface area contributed by atoms with Crippen molar-refractivity contribution in [3.8, 4) is 11.5 Å². The molecule has 0 saturated heterocycles.